The van der Waals surface area contributed by atoms with Gasteiger partial charge in [0.05, 0.1) is 24.6 Å². The number of hydrogen-bond donors (Lipinski definition) is 1. The summed E-state index contributed by atoms with van der Waals surface area (Å²) >= 11 is 1.40. The van der Waals surface area contributed by atoms with Crippen LogP contribution >= 0.6 is 11.3 Å². The zero-order valence-electron chi connectivity index (χ0n) is 17.3. The van der Waals surface area contributed by atoms with Gasteiger partial charge in [-0.2, -0.15) is 0 Å². The summed E-state index contributed by atoms with van der Waals surface area (Å²) in [5.74, 6) is -0.566. The predicted octanol–water partition coefficient (Wildman–Crippen LogP) is 2.97. The number of benzene rings is 1. The highest BCUT2D eigenvalue weighted by Gasteiger charge is 2.33. The minimum atomic E-state index is -3.53. The number of carbonyl (C=O) groups excluding carboxylic acids is 2. The van der Waals surface area contributed by atoms with Crippen LogP contribution < -0.4 is 14.4 Å². The number of fused-ring (bicyclic) bond motifs is 2. The van der Waals surface area contributed by atoms with E-state index in [0.717, 1.165) is 42.4 Å². The third kappa shape index (κ3) is 4.27. The first kappa shape index (κ1) is 21.6. The van der Waals surface area contributed by atoms with Gasteiger partial charge < -0.3 is 14.8 Å². The summed E-state index contributed by atoms with van der Waals surface area (Å²) in [6.45, 7) is 0.110. The Balaban J connectivity index is 1.62. The maximum atomic E-state index is 13.1. The van der Waals surface area contributed by atoms with Gasteiger partial charge in [0.1, 0.15) is 10.8 Å². The van der Waals surface area contributed by atoms with E-state index >= 15 is 0 Å². The molecule has 0 saturated heterocycles. The average molecular weight is 465 g/mol. The number of anilines is 2. The van der Waals surface area contributed by atoms with E-state index in [-0.39, 0.29) is 13.0 Å². The normalized spacial score (nSPS) is 18.3. The highest BCUT2D eigenvalue weighted by molar-refractivity contribution is 7.92. The third-order valence-corrected chi connectivity index (χ3v) is 7.88. The van der Waals surface area contributed by atoms with Gasteiger partial charge in [-0.15, -0.1) is 11.3 Å². The number of carbonyl (C=O) groups is 2. The molecule has 4 rings (SSSR count). The van der Waals surface area contributed by atoms with Crippen molar-refractivity contribution in [2.45, 2.75) is 38.2 Å². The van der Waals surface area contributed by atoms with Gasteiger partial charge in [-0.1, -0.05) is 12.1 Å². The fourth-order valence-corrected chi connectivity index (χ4v) is 6.25. The van der Waals surface area contributed by atoms with Gasteiger partial charge in [0, 0.05) is 17.8 Å². The van der Waals surface area contributed by atoms with Crippen LogP contribution in [0, 0.1) is 0 Å². The maximum Gasteiger partial charge on any atom is 0.341 e. The van der Waals surface area contributed by atoms with Crippen molar-refractivity contribution in [1.82, 2.24) is 0 Å². The van der Waals surface area contributed by atoms with Gasteiger partial charge in [0.2, 0.25) is 10.0 Å². The van der Waals surface area contributed by atoms with Gasteiger partial charge in [0.15, 0.2) is 6.10 Å². The fourth-order valence-electron chi connectivity index (χ4n) is 4.02. The number of amides is 1. The Kier molecular flexibility index (Phi) is 5.94. The first-order chi connectivity index (χ1) is 14.8. The third-order valence-electron chi connectivity index (χ3n) is 5.49. The molecule has 0 radical (unpaired) electrons. The van der Waals surface area contributed by atoms with Crippen LogP contribution in [0.3, 0.4) is 0 Å². The first-order valence-corrected chi connectivity index (χ1v) is 12.7. The monoisotopic (exact) mass is 464 g/mol. The topological polar surface area (TPSA) is 102 Å². The number of hydrogen-bond acceptors (Lipinski definition) is 7. The van der Waals surface area contributed by atoms with Gasteiger partial charge in [-0.25, -0.2) is 13.2 Å². The molecule has 1 unspecified atom stereocenters. The van der Waals surface area contributed by atoms with Crippen molar-refractivity contribution in [2.24, 2.45) is 0 Å². The van der Waals surface area contributed by atoms with Crippen molar-refractivity contribution < 1.29 is 27.5 Å². The molecule has 2 aromatic rings. The van der Waals surface area contributed by atoms with Crippen LogP contribution in [-0.4, -0.2) is 46.3 Å². The Bertz CT molecular complexity index is 1120. The number of para-hydroxylation sites is 2. The number of rotatable bonds is 4. The number of esters is 1. The van der Waals surface area contributed by atoms with Crippen molar-refractivity contribution in [3.05, 3.63) is 40.3 Å². The summed E-state index contributed by atoms with van der Waals surface area (Å²) in [5.41, 5.74) is 1.78. The van der Waals surface area contributed by atoms with Crippen molar-refractivity contribution in [3.8, 4) is 5.75 Å². The van der Waals surface area contributed by atoms with Crippen LogP contribution in [0.5, 0.6) is 5.75 Å². The van der Waals surface area contributed by atoms with Crippen molar-refractivity contribution in [2.75, 3.05) is 29.5 Å². The molecule has 1 aliphatic heterocycles. The molecule has 10 heteroatoms. The smallest absolute Gasteiger partial charge is 0.341 e. The maximum absolute atomic E-state index is 13.1. The quantitative estimate of drug-likeness (QED) is 0.698. The molecule has 1 atom stereocenters. The molecule has 0 spiro atoms. The zero-order chi connectivity index (χ0) is 22.2. The lowest BCUT2D eigenvalue weighted by Gasteiger charge is -2.20. The van der Waals surface area contributed by atoms with E-state index in [2.05, 4.69) is 5.32 Å². The Morgan fingerprint density at radius 1 is 1.23 bits per heavy atom. The van der Waals surface area contributed by atoms with Crippen LogP contribution in [-0.2, 0) is 32.4 Å². The highest BCUT2D eigenvalue weighted by Crippen LogP contribution is 2.39. The summed E-state index contributed by atoms with van der Waals surface area (Å²) in [6.07, 6.45) is 4.09. The summed E-state index contributed by atoms with van der Waals surface area (Å²) < 4.78 is 36.6. The summed E-state index contributed by atoms with van der Waals surface area (Å²) in [6, 6.07) is 6.74. The molecule has 0 bridgehead atoms. The zero-order valence-corrected chi connectivity index (χ0v) is 19.0. The van der Waals surface area contributed by atoms with Crippen molar-refractivity contribution in [1.29, 1.82) is 0 Å². The standard InChI is InChI=1S/C21H24N2O6S2/c1-28-21(25)18-13-7-3-6-10-17(13)30-20(18)22-19(24)16-11-12-23(31(2,26)27)14-8-4-5-9-15(14)29-16/h4-5,8-9,16H,3,6-7,10-12H2,1-2H3,(H,22,24). The number of nitrogens with one attached hydrogen (secondary N) is 1. The molecule has 31 heavy (non-hydrogen) atoms. The van der Waals surface area contributed by atoms with Crippen LogP contribution in [0.2, 0.25) is 0 Å². The van der Waals surface area contributed by atoms with Crippen LogP contribution in [0.15, 0.2) is 24.3 Å². The van der Waals surface area contributed by atoms with Gasteiger partial charge in [-0.05, 0) is 43.4 Å². The van der Waals surface area contributed by atoms with Crippen LogP contribution in [0.25, 0.3) is 0 Å². The average Bonchev–Trinajstić information content (AvgIpc) is 2.96. The Morgan fingerprint density at radius 2 is 1.97 bits per heavy atom. The number of methoxy groups -OCH3 is 1. The van der Waals surface area contributed by atoms with Crippen molar-refractivity contribution in [3.63, 3.8) is 0 Å². The number of thiophene rings is 1. The lowest BCUT2D eigenvalue weighted by atomic mass is 9.95. The second-order valence-corrected chi connectivity index (χ2v) is 10.6. The van der Waals surface area contributed by atoms with Gasteiger partial charge >= 0.3 is 5.97 Å². The number of ether oxygens (including phenoxy) is 2. The molecule has 0 saturated carbocycles. The minimum absolute atomic E-state index is 0.110. The van der Waals surface area contributed by atoms with Gasteiger partial charge in [-0.3, -0.25) is 9.10 Å². The molecule has 1 N–H and O–H groups in total. The molecule has 2 aliphatic rings. The Hall–Kier alpha value is -2.59. The molecular weight excluding hydrogens is 440 g/mol. The number of nitrogens with zero attached hydrogens (tertiary/aromatic N) is 1. The van der Waals surface area contributed by atoms with E-state index in [1.165, 1.54) is 22.8 Å². The largest absolute Gasteiger partial charge is 0.478 e. The predicted molar refractivity (Wildman–Crippen MR) is 119 cm³/mol. The summed E-state index contributed by atoms with van der Waals surface area (Å²) in [5, 5.41) is 3.31. The SMILES string of the molecule is COC(=O)c1c(NC(=O)C2CCN(S(C)(=O)=O)c3ccccc3O2)sc2c1CCCC2. The highest BCUT2D eigenvalue weighted by atomic mass is 32.2. The second-order valence-electron chi connectivity index (χ2n) is 7.59. The van der Waals surface area contributed by atoms with Crippen LogP contribution in [0.4, 0.5) is 10.7 Å². The Morgan fingerprint density at radius 3 is 2.71 bits per heavy atom. The molecule has 1 aromatic heterocycles. The molecule has 1 amide bonds. The van der Waals surface area contributed by atoms with E-state index in [1.807, 2.05) is 0 Å². The molecule has 2 heterocycles. The molecule has 1 aliphatic carbocycles. The second kappa shape index (κ2) is 8.51. The molecule has 8 nitrogen and oxygen atoms in total. The first-order valence-electron chi connectivity index (χ1n) is 10.1. The van der Waals surface area contributed by atoms with Crippen LogP contribution in [0.1, 0.15) is 40.1 Å². The number of aryl methyl sites for hydroxylation is 1. The summed E-state index contributed by atoms with van der Waals surface area (Å²) in [4.78, 5) is 26.6. The minimum Gasteiger partial charge on any atom is -0.478 e. The van der Waals surface area contributed by atoms with Crippen molar-refractivity contribution >= 4 is 43.9 Å². The fraction of sp³-hybridized carbons (Fsp3) is 0.429. The molecule has 0 fully saturated rings. The van der Waals surface area contributed by atoms with E-state index < -0.39 is 28.0 Å². The summed E-state index contributed by atoms with van der Waals surface area (Å²) in [7, 11) is -2.21. The van der Waals surface area contributed by atoms with E-state index in [0.29, 0.717) is 22.0 Å². The Labute approximate surface area is 185 Å². The van der Waals surface area contributed by atoms with Gasteiger partial charge in [0.25, 0.3) is 5.91 Å². The molecule has 1 aromatic carbocycles. The van der Waals surface area contributed by atoms with E-state index in [4.69, 9.17) is 9.47 Å². The van der Waals surface area contributed by atoms with E-state index in [9.17, 15) is 18.0 Å². The number of sulfonamides is 1. The molecular formula is C21H24N2O6S2. The van der Waals surface area contributed by atoms with E-state index in [1.54, 1.807) is 24.3 Å². The lowest BCUT2D eigenvalue weighted by molar-refractivity contribution is -0.122. The molecule has 166 valence electrons. The lowest BCUT2D eigenvalue weighted by Crippen LogP contribution is -2.36.